The molecule has 0 aliphatic carbocycles. The van der Waals surface area contributed by atoms with Gasteiger partial charge in [-0.05, 0) is 37.8 Å². The monoisotopic (exact) mass is 387 g/mol. The number of hydrogen-bond donors (Lipinski definition) is 2. The molecule has 25 heavy (non-hydrogen) atoms. The second-order valence-electron chi connectivity index (χ2n) is 6.81. The van der Waals surface area contributed by atoms with E-state index in [9.17, 15) is 13.2 Å². The van der Waals surface area contributed by atoms with Crippen LogP contribution < -0.4 is 10.0 Å². The van der Waals surface area contributed by atoms with Crippen molar-refractivity contribution in [1.82, 2.24) is 14.9 Å². The average Bonchev–Trinajstić information content (AvgIpc) is 2.52. The van der Waals surface area contributed by atoms with Crippen LogP contribution in [0.25, 0.3) is 0 Å². The van der Waals surface area contributed by atoms with Gasteiger partial charge in [0.15, 0.2) is 0 Å². The lowest BCUT2D eigenvalue weighted by Gasteiger charge is -2.37. The Morgan fingerprint density at radius 1 is 1.28 bits per heavy atom. The number of carbonyl (C=O) groups excluding carboxylic acids is 1. The van der Waals surface area contributed by atoms with Crippen LogP contribution in [0, 0.1) is 18.8 Å². The van der Waals surface area contributed by atoms with E-state index < -0.39 is 10.0 Å². The zero-order valence-corrected chi connectivity index (χ0v) is 16.0. The number of halogens is 1. The van der Waals surface area contributed by atoms with Crippen molar-refractivity contribution in [2.24, 2.45) is 11.8 Å². The molecule has 1 amide bonds. The lowest BCUT2D eigenvalue weighted by atomic mass is 9.95. The molecule has 6 nitrogen and oxygen atoms in total. The third kappa shape index (κ3) is 4.94. The maximum atomic E-state index is 12.4. The first-order valence-corrected chi connectivity index (χ1v) is 10.00. The van der Waals surface area contributed by atoms with Gasteiger partial charge in [-0.3, -0.25) is 4.79 Å². The third-order valence-corrected chi connectivity index (χ3v) is 6.29. The van der Waals surface area contributed by atoms with Crippen molar-refractivity contribution in [2.45, 2.75) is 24.7 Å². The minimum absolute atomic E-state index is 0. The van der Waals surface area contributed by atoms with Crippen LogP contribution in [-0.2, 0) is 14.8 Å². The summed E-state index contributed by atoms with van der Waals surface area (Å²) in [5, 5.41) is 3.12. The van der Waals surface area contributed by atoms with E-state index in [0.29, 0.717) is 13.1 Å². The summed E-state index contributed by atoms with van der Waals surface area (Å²) in [5.74, 6) is 0.490. The predicted molar refractivity (Wildman–Crippen MR) is 99.3 cm³/mol. The van der Waals surface area contributed by atoms with Gasteiger partial charge < -0.3 is 10.2 Å². The average molecular weight is 388 g/mol. The van der Waals surface area contributed by atoms with E-state index in [0.717, 1.165) is 38.0 Å². The minimum Gasteiger partial charge on any atom is -0.342 e. The van der Waals surface area contributed by atoms with Gasteiger partial charge in [0.1, 0.15) is 0 Å². The highest BCUT2D eigenvalue weighted by Crippen LogP contribution is 2.20. The minimum atomic E-state index is -3.49. The number of rotatable bonds is 5. The fourth-order valence-electron chi connectivity index (χ4n) is 3.18. The molecule has 2 heterocycles. The number of aryl methyl sites for hydroxylation is 1. The number of piperidine rings is 1. The second kappa shape index (κ2) is 8.49. The first kappa shape index (κ1) is 20.2. The number of amides is 1. The van der Waals surface area contributed by atoms with Gasteiger partial charge in [-0.1, -0.05) is 17.7 Å². The van der Waals surface area contributed by atoms with Crippen LogP contribution in [0.5, 0.6) is 0 Å². The van der Waals surface area contributed by atoms with Crippen LogP contribution >= 0.6 is 12.4 Å². The molecule has 0 radical (unpaired) electrons. The summed E-state index contributed by atoms with van der Waals surface area (Å²) in [6, 6.07) is 6.83. The Balaban J connectivity index is 0.00000225. The Hall–Kier alpha value is -1.15. The molecule has 1 aromatic rings. The molecule has 0 saturated carbocycles. The molecular formula is C17H26ClN3O3S. The predicted octanol–water partition coefficient (Wildman–Crippen LogP) is 1.15. The molecule has 8 heteroatoms. The Morgan fingerprint density at radius 3 is 2.56 bits per heavy atom. The molecule has 2 saturated heterocycles. The van der Waals surface area contributed by atoms with Gasteiger partial charge in [-0.25, -0.2) is 13.1 Å². The number of sulfonamides is 1. The summed E-state index contributed by atoms with van der Waals surface area (Å²) < 4.78 is 27.4. The number of carbonyl (C=O) groups is 1. The van der Waals surface area contributed by atoms with Crippen molar-refractivity contribution in [1.29, 1.82) is 0 Å². The van der Waals surface area contributed by atoms with Crippen molar-refractivity contribution in [3.8, 4) is 0 Å². The zero-order chi connectivity index (χ0) is 17.2. The van der Waals surface area contributed by atoms with Crippen LogP contribution in [0.3, 0.4) is 0 Å². The van der Waals surface area contributed by atoms with E-state index in [4.69, 9.17) is 0 Å². The van der Waals surface area contributed by atoms with Crippen molar-refractivity contribution in [3.05, 3.63) is 29.8 Å². The van der Waals surface area contributed by atoms with Crippen LogP contribution in [0.4, 0.5) is 0 Å². The Morgan fingerprint density at radius 2 is 1.96 bits per heavy atom. The molecule has 3 rings (SSSR count). The quantitative estimate of drug-likeness (QED) is 0.794. The van der Waals surface area contributed by atoms with E-state index in [-0.39, 0.29) is 35.0 Å². The highest BCUT2D eigenvalue weighted by atomic mass is 35.5. The van der Waals surface area contributed by atoms with Crippen molar-refractivity contribution in [2.75, 3.05) is 32.7 Å². The molecule has 140 valence electrons. The summed E-state index contributed by atoms with van der Waals surface area (Å²) >= 11 is 0. The molecule has 1 atom stereocenters. The van der Waals surface area contributed by atoms with E-state index in [1.807, 2.05) is 11.8 Å². The number of nitrogens with zero attached hydrogens (tertiary/aromatic N) is 1. The number of benzene rings is 1. The Kier molecular flexibility index (Phi) is 6.85. The topological polar surface area (TPSA) is 78.5 Å². The van der Waals surface area contributed by atoms with E-state index in [1.54, 1.807) is 24.3 Å². The molecule has 2 N–H and O–H groups in total. The highest BCUT2D eigenvalue weighted by Gasteiger charge is 2.32. The lowest BCUT2D eigenvalue weighted by Crippen LogP contribution is -2.54. The fourth-order valence-corrected chi connectivity index (χ4v) is 4.30. The molecule has 2 aliphatic rings. The van der Waals surface area contributed by atoms with Crippen LogP contribution in [0.2, 0.25) is 0 Å². The van der Waals surface area contributed by atoms with Crippen LogP contribution in [0.1, 0.15) is 18.4 Å². The third-order valence-electron chi connectivity index (χ3n) is 4.85. The van der Waals surface area contributed by atoms with Gasteiger partial charge in [0.05, 0.1) is 10.8 Å². The Labute approximate surface area is 155 Å². The summed E-state index contributed by atoms with van der Waals surface area (Å²) in [4.78, 5) is 14.5. The van der Waals surface area contributed by atoms with Gasteiger partial charge in [0.2, 0.25) is 15.9 Å². The molecule has 0 spiro atoms. The maximum Gasteiger partial charge on any atom is 0.240 e. The maximum absolute atomic E-state index is 12.4. The van der Waals surface area contributed by atoms with Crippen LogP contribution in [-0.4, -0.2) is 51.9 Å². The number of likely N-dealkylation sites (tertiary alicyclic amines) is 1. The normalized spacial score (nSPS) is 21.3. The largest absolute Gasteiger partial charge is 0.342 e. The lowest BCUT2D eigenvalue weighted by molar-refractivity contribution is -0.138. The van der Waals surface area contributed by atoms with Crippen LogP contribution in [0.15, 0.2) is 29.2 Å². The van der Waals surface area contributed by atoms with Gasteiger partial charge in [-0.15, -0.1) is 12.4 Å². The summed E-state index contributed by atoms with van der Waals surface area (Å²) in [6.07, 6.45) is 1.88. The second-order valence-corrected chi connectivity index (χ2v) is 8.58. The van der Waals surface area contributed by atoms with E-state index >= 15 is 0 Å². The molecule has 1 unspecified atom stereocenters. The number of hydrogen-bond acceptors (Lipinski definition) is 4. The van der Waals surface area contributed by atoms with Crippen molar-refractivity contribution < 1.29 is 13.2 Å². The van der Waals surface area contributed by atoms with Gasteiger partial charge >= 0.3 is 0 Å². The molecular weight excluding hydrogens is 362 g/mol. The highest BCUT2D eigenvalue weighted by molar-refractivity contribution is 7.89. The summed E-state index contributed by atoms with van der Waals surface area (Å²) in [6.45, 7) is 5.26. The molecule has 0 bridgehead atoms. The van der Waals surface area contributed by atoms with Crippen molar-refractivity contribution in [3.63, 3.8) is 0 Å². The van der Waals surface area contributed by atoms with E-state index in [2.05, 4.69) is 10.0 Å². The van der Waals surface area contributed by atoms with Gasteiger partial charge in [0, 0.05) is 32.7 Å². The summed E-state index contributed by atoms with van der Waals surface area (Å²) in [5.41, 5.74) is 1.03. The number of nitrogens with one attached hydrogen (secondary N) is 2. The smallest absolute Gasteiger partial charge is 0.240 e. The van der Waals surface area contributed by atoms with E-state index in [1.165, 1.54) is 0 Å². The molecule has 1 aromatic carbocycles. The summed E-state index contributed by atoms with van der Waals surface area (Å²) in [7, 11) is -3.49. The Bertz CT molecular complexity index is 690. The van der Waals surface area contributed by atoms with Gasteiger partial charge in [-0.2, -0.15) is 0 Å². The first-order chi connectivity index (χ1) is 11.5. The first-order valence-electron chi connectivity index (χ1n) is 8.51. The zero-order valence-electron chi connectivity index (χ0n) is 14.4. The standard InChI is InChI=1S/C17H25N3O3S.ClH/c1-13-4-6-16(7-5-13)24(22,23)19-9-14-3-2-8-20(12-14)17(21)15-10-18-11-15;/h4-7,14-15,18-19H,2-3,8-12H2,1H3;1H. The van der Waals surface area contributed by atoms with Gasteiger partial charge in [0.25, 0.3) is 0 Å². The van der Waals surface area contributed by atoms with Crippen molar-refractivity contribution >= 4 is 28.3 Å². The molecule has 2 fully saturated rings. The molecule has 2 aliphatic heterocycles. The molecule has 0 aromatic heterocycles. The SMILES string of the molecule is Cc1ccc(S(=O)(=O)NCC2CCCN(C(=O)C3CNC3)C2)cc1.Cl. The fraction of sp³-hybridized carbons (Fsp3) is 0.588.